The highest BCUT2D eigenvalue weighted by atomic mass is 16.2. The average Bonchev–Trinajstić information content (AvgIpc) is 3.39. The van der Waals surface area contributed by atoms with E-state index in [1.165, 1.54) is 9.80 Å². The fraction of sp³-hybridized carbons (Fsp3) is 0.400. The van der Waals surface area contributed by atoms with Gasteiger partial charge in [-0.05, 0) is 49.9 Å². The molecule has 0 unspecified atom stereocenters. The van der Waals surface area contributed by atoms with Crippen LogP contribution >= 0.6 is 0 Å². The Morgan fingerprint density at radius 3 is 1.31 bits per heavy atom. The molecule has 184 valence electrons. The quantitative estimate of drug-likeness (QED) is 0.506. The van der Waals surface area contributed by atoms with Crippen LogP contribution in [-0.2, 0) is 9.59 Å². The summed E-state index contributed by atoms with van der Waals surface area (Å²) in [5.41, 5.74) is 1.90. The first-order valence-corrected chi connectivity index (χ1v) is 13.3. The van der Waals surface area contributed by atoms with E-state index in [4.69, 9.17) is 0 Å². The summed E-state index contributed by atoms with van der Waals surface area (Å²) < 4.78 is 0. The topological polar surface area (TPSA) is 74.8 Å². The highest BCUT2D eigenvalue weighted by molar-refractivity contribution is 6.34. The van der Waals surface area contributed by atoms with Gasteiger partial charge in [-0.3, -0.25) is 29.0 Å². The number of amides is 2. The molecule has 2 aliphatic heterocycles. The molecule has 0 saturated heterocycles. The number of benzene rings is 2. The lowest BCUT2D eigenvalue weighted by atomic mass is 9.88. The Morgan fingerprint density at radius 1 is 0.556 bits per heavy atom. The fourth-order valence-electron chi connectivity index (χ4n) is 6.37. The number of fused-ring (bicyclic) bond motifs is 2. The summed E-state index contributed by atoms with van der Waals surface area (Å²) >= 11 is 0. The normalized spacial score (nSPS) is 22.7. The van der Waals surface area contributed by atoms with Gasteiger partial charge in [0.1, 0.15) is 11.4 Å². The molecule has 6 rings (SSSR count). The van der Waals surface area contributed by atoms with E-state index in [1.54, 1.807) is 48.5 Å². The summed E-state index contributed by atoms with van der Waals surface area (Å²) in [5.74, 6) is -1.43. The van der Waals surface area contributed by atoms with Crippen LogP contribution in [-0.4, -0.2) is 23.4 Å². The number of rotatable bonds is 2. The number of carbonyl (C=O) groups is 4. The Kier molecular flexibility index (Phi) is 5.82. The van der Waals surface area contributed by atoms with Gasteiger partial charge in [0.05, 0.1) is 11.4 Å². The van der Waals surface area contributed by atoms with Crippen molar-refractivity contribution in [1.82, 2.24) is 0 Å². The monoisotopic (exact) mass is 482 g/mol. The molecule has 0 N–H and O–H groups in total. The van der Waals surface area contributed by atoms with Gasteiger partial charge in [0.25, 0.3) is 0 Å². The van der Waals surface area contributed by atoms with Gasteiger partial charge in [0.15, 0.2) is 0 Å². The molecule has 0 atom stereocenters. The molecular formula is C30H30N2O4. The van der Waals surface area contributed by atoms with Crippen molar-refractivity contribution >= 4 is 34.8 Å². The van der Waals surface area contributed by atoms with Gasteiger partial charge >= 0.3 is 0 Å². The maximum Gasteiger partial charge on any atom is 0.234 e. The second-order valence-electron chi connectivity index (χ2n) is 10.4. The van der Waals surface area contributed by atoms with Crippen LogP contribution in [0.1, 0.15) is 84.9 Å². The lowest BCUT2D eigenvalue weighted by Crippen LogP contribution is -2.41. The van der Waals surface area contributed by atoms with Crippen LogP contribution in [0.15, 0.2) is 59.9 Å². The van der Waals surface area contributed by atoms with Crippen molar-refractivity contribution in [2.45, 2.75) is 64.2 Å². The zero-order chi connectivity index (χ0) is 24.8. The van der Waals surface area contributed by atoms with Crippen molar-refractivity contribution in [3.05, 3.63) is 71.1 Å². The molecule has 2 aliphatic carbocycles. The third-order valence-corrected chi connectivity index (χ3v) is 8.23. The smallest absolute Gasteiger partial charge is 0.234 e. The van der Waals surface area contributed by atoms with E-state index in [1.807, 2.05) is 0 Å². The van der Waals surface area contributed by atoms with Crippen LogP contribution in [0, 0.1) is 11.8 Å². The SMILES string of the molecule is O=C1C(=C2C(=O)c3ccccc3N2C(=O)C2CCCCC2)N(C(=O)C2CCCCC2)c2ccccc21. The van der Waals surface area contributed by atoms with Crippen molar-refractivity contribution in [3.8, 4) is 0 Å². The molecule has 6 nitrogen and oxygen atoms in total. The molecule has 0 aromatic heterocycles. The van der Waals surface area contributed by atoms with Crippen LogP contribution in [0.4, 0.5) is 11.4 Å². The van der Waals surface area contributed by atoms with Gasteiger partial charge in [0.2, 0.25) is 23.4 Å². The van der Waals surface area contributed by atoms with Crippen LogP contribution in [0.5, 0.6) is 0 Å². The van der Waals surface area contributed by atoms with Gasteiger partial charge in [-0.2, -0.15) is 0 Å². The number of allylic oxidation sites excluding steroid dienone is 2. The molecule has 0 radical (unpaired) electrons. The highest BCUT2D eigenvalue weighted by Gasteiger charge is 2.48. The summed E-state index contributed by atoms with van der Waals surface area (Å²) in [4.78, 5) is 58.6. The molecule has 2 saturated carbocycles. The molecule has 6 heteroatoms. The molecule has 0 bridgehead atoms. The van der Waals surface area contributed by atoms with Crippen LogP contribution < -0.4 is 9.80 Å². The third-order valence-electron chi connectivity index (χ3n) is 8.23. The maximum atomic E-state index is 14.0. The molecule has 36 heavy (non-hydrogen) atoms. The molecule has 2 aromatic rings. The van der Waals surface area contributed by atoms with Crippen molar-refractivity contribution in [2.24, 2.45) is 11.8 Å². The summed E-state index contributed by atoms with van der Waals surface area (Å²) in [5, 5.41) is 0. The number of carbonyl (C=O) groups excluding carboxylic acids is 4. The first kappa shape index (κ1) is 22.9. The van der Waals surface area contributed by atoms with Crippen LogP contribution in [0.25, 0.3) is 0 Å². The highest BCUT2D eigenvalue weighted by Crippen LogP contribution is 2.45. The van der Waals surface area contributed by atoms with Crippen molar-refractivity contribution < 1.29 is 19.2 Å². The number of Topliss-reactive ketones (excluding diaryl/α,β-unsaturated/α-hetero) is 2. The molecule has 0 spiro atoms. The first-order chi connectivity index (χ1) is 17.6. The number of ketones is 2. The molecule has 2 heterocycles. The minimum atomic E-state index is -0.368. The zero-order valence-corrected chi connectivity index (χ0v) is 20.4. The Morgan fingerprint density at radius 2 is 0.917 bits per heavy atom. The predicted molar refractivity (Wildman–Crippen MR) is 137 cm³/mol. The number of hydrogen-bond acceptors (Lipinski definition) is 4. The minimum absolute atomic E-state index is 0.0390. The number of nitrogens with zero attached hydrogens (tertiary/aromatic N) is 2. The van der Waals surface area contributed by atoms with E-state index in [9.17, 15) is 19.2 Å². The van der Waals surface area contributed by atoms with E-state index in [-0.39, 0.29) is 46.6 Å². The summed E-state index contributed by atoms with van der Waals surface area (Å²) in [6.45, 7) is 0. The second-order valence-corrected chi connectivity index (χ2v) is 10.4. The van der Waals surface area contributed by atoms with E-state index in [0.29, 0.717) is 22.5 Å². The number of para-hydroxylation sites is 2. The lowest BCUT2D eigenvalue weighted by Gasteiger charge is -2.30. The number of hydrogen-bond donors (Lipinski definition) is 0. The van der Waals surface area contributed by atoms with E-state index < -0.39 is 0 Å². The molecule has 2 amide bonds. The van der Waals surface area contributed by atoms with Gasteiger partial charge < -0.3 is 0 Å². The van der Waals surface area contributed by atoms with Crippen molar-refractivity contribution in [1.29, 1.82) is 0 Å². The standard InChI is InChI=1S/C30H30N2O4/c33-27-21-15-7-9-17-23(21)31(29(35)19-11-3-1-4-12-19)25(27)26-28(34)22-16-8-10-18-24(22)32(26)30(36)20-13-5-2-6-14-20/h7-10,15-20H,1-6,11-14H2. The average molecular weight is 483 g/mol. The fourth-order valence-corrected chi connectivity index (χ4v) is 6.37. The summed E-state index contributed by atoms with van der Waals surface area (Å²) in [7, 11) is 0. The van der Waals surface area contributed by atoms with E-state index >= 15 is 0 Å². The van der Waals surface area contributed by atoms with Gasteiger partial charge in [0, 0.05) is 23.0 Å². The molecular weight excluding hydrogens is 452 g/mol. The van der Waals surface area contributed by atoms with Crippen molar-refractivity contribution in [3.63, 3.8) is 0 Å². The van der Waals surface area contributed by atoms with Gasteiger partial charge in [-0.1, -0.05) is 62.8 Å². The zero-order valence-electron chi connectivity index (χ0n) is 20.4. The van der Waals surface area contributed by atoms with Crippen molar-refractivity contribution in [2.75, 3.05) is 9.80 Å². The van der Waals surface area contributed by atoms with E-state index in [2.05, 4.69) is 0 Å². The maximum absolute atomic E-state index is 14.0. The Balaban J connectivity index is 1.54. The van der Waals surface area contributed by atoms with Crippen LogP contribution in [0.3, 0.4) is 0 Å². The van der Waals surface area contributed by atoms with Gasteiger partial charge in [-0.15, -0.1) is 0 Å². The Hall–Kier alpha value is -3.54. The molecule has 4 aliphatic rings. The first-order valence-electron chi connectivity index (χ1n) is 13.3. The van der Waals surface area contributed by atoms with Crippen LogP contribution in [0.2, 0.25) is 0 Å². The Labute approximate surface area is 211 Å². The lowest BCUT2D eigenvalue weighted by molar-refractivity contribution is -0.123. The Bertz CT molecular complexity index is 1200. The molecule has 2 aromatic carbocycles. The number of anilines is 2. The molecule has 2 fully saturated rings. The minimum Gasteiger partial charge on any atom is -0.287 e. The second kappa shape index (κ2) is 9.16. The van der Waals surface area contributed by atoms with E-state index in [0.717, 1.165) is 64.2 Å². The third kappa shape index (κ3) is 3.54. The largest absolute Gasteiger partial charge is 0.287 e. The van der Waals surface area contributed by atoms with Gasteiger partial charge in [-0.25, -0.2) is 0 Å². The predicted octanol–water partition coefficient (Wildman–Crippen LogP) is 5.82. The summed E-state index contributed by atoms with van der Waals surface area (Å²) in [6, 6.07) is 14.1. The summed E-state index contributed by atoms with van der Waals surface area (Å²) in [6.07, 6.45) is 9.19.